The molecule has 1 amide bonds. The third-order valence-electron chi connectivity index (χ3n) is 5.10. The highest BCUT2D eigenvalue weighted by molar-refractivity contribution is 7.92. The van der Waals surface area contributed by atoms with Gasteiger partial charge in [0, 0.05) is 11.4 Å². The predicted molar refractivity (Wildman–Crippen MR) is 128 cm³/mol. The van der Waals surface area contributed by atoms with Crippen molar-refractivity contribution in [1.82, 2.24) is 0 Å². The minimum absolute atomic E-state index is 0.125. The lowest BCUT2D eigenvalue weighted by atomic mass is 10.0. The predicted octanol–water partition coefficient (Wildman–Crippen LogP) is 4.94. The van der Waals surface area contributed by atoms with E-state index in [0.717, 1.165) is 29.7 Å². The van der Waals surface area contributed by atoms with Crippen molar-refractivity contribution in [2.75, 3.05) is 16.6 Å². The molecule has 0 atom stereocenters. The van der Waals surface area contributed by atoms with Crippen LogP contribution in [0.4, 0.5) is 11.4 Å². The van der Waals surface area contributed by atoms with Crippen LogP contribution >= 0.6 is 0 Å². The van der Waals surface area contributed by atoms with E-state index in [4.69, 9.17) is 4.74 Å². The smallest absolute Gasteiger partial charge is 0.262 e. The molecular weight excluding hydrogens is 424 g/mol. The summed E-state index contributed by atoms with van der Waals surface area (Å²) in [6, 6.07) is 19.3. The molecule has 0 aromatic heterocycles. The summed E-state index contributed by atoms with van der Waals surface area (Å²) in [4.78, 5) is 12.6. The van der Waals surface area contributed by atoms with Crippen molar-refractivity contribution in [2.24, 2.45) is 0 Å². The van der Waals surface area contributed by atoms with Crippen molar-refractivity contribution in [1.29, 1.82) is 0 Å². The van der Waals surface area contributed by atoms with Gasteiger partial charge in [-0.3, -0.25) is 9.52 Å². The Morgan fingerprint density at radius 2 is 1.56 bits per heavy atom. The van der Waals surface area contributed by atoms with E-state index in [1.165, 1.54) is 12.1 Å². The van der Waals surface area contributed by atoms with E-state index in [9.17, 15) is 13.2 Å². The first-order chi connectivity index (χ1) is 15.3. The van der Waals surface area contributed by atoms with Crippen LogP contribution in [-0.2, 0) is 27.7 Å². The Bertz CT molecular complexity index is 1170. The molecule has 0 aliphatic rings. The van der Waals surface area contributed by atoms with Crippen molar-refractivity contribution in [3.05, 3.63) is 83.4 Å². The van der Waals surface area contributed by atoms with Crippen molar-refractivity contribution in [3.8, 4) is 5.75 Å². The molecule has 0 bridgehead atoms. The number of carbonyl (C=O) groups is 1. The van der Waals surface area contributed by atoms with Crippen LogP contribution in [0.2, 0.25) is 0 Å². The number of nitrogens with one attached hydrogen (secondary N) is 2. The zero-order valence-electron chi connectivity index (χ0n) is 18.5. The highest BCUT2D eigenvalue weighted by Gasteiger charge is 2.16. The molecule has 0 heterocycles. The quantitative estimate of drug-likeness (QED) is 0.482. The topological polar surface area (TPSA) is 84.5 Å². The van der Waals surface area contributed by atoms with Gasteiger partial charge < -0.3 is 10.1 Å². The molecule has 168 valence electrons. The Morgan fingerprint density at radius 3 is 2.16 bits per heavy atom. The van der Waals surface area contributed by atoms with Gasteiger partial charge in [-0.15, -0.1) is 0 Å². The zero-order chi connectivity index (χ0) is 23.1. The van der Waals surface area contributed by atoms with Gasteiger partial charge in [0.25, 0.3) is 15.9 Å². The van der Waals surface area contributed by atoms with Crippen molar-refractivity contribution < 1.29 is 17.9 Å². The molecule has 2 N–H and O–H groups in total. The molecule has 0 aliphatic heterocycles. The first-order valence-electron chi connectivity index (χ1n) is 10.6. The van der Waals surface area contributed by atoms with Crippen LogP contribution in [0.15, 0.2) is 71.6 Å². The summed E-state index contributed by atoms with van der Waals surface area (Å²) >= 11 is 0. The van der Waals surface area contributed by atoms with Crippen molar-refractivity contribution >= 4 is 27.3 Å². The Morgan fingerprint density at radius 1 is 0.906 bits per heavy atom. The Kier molecular flexibility index (Phi) is 7.53. The molecule has 3 aromatic carbocycles. The third kappa shape index (κ3) is 5.68. The largest absolute Gasteiger partial charge is 0.483 e. The second kappa shape index (κ2) is 10.3. The van der Waals surface area contributed by atoms with E-state index in [0.29, 0.717) is 17.0 Å². The number of aryl methyl sites for hydroxylation is 3. The first-order valence-corrected chi connectivity index (χ1v) is 12.0. The molecule has 6 nitrogen and oxygen atoms in total. The number of sulfonamides is 1. The van der Waals surface area contributed by atoms with Crippen LogP contribution in [0.25, 0.3) is 0 Å². The van der Waals surface area contributed by atoms with Gasteiger partial charge in [-0.2, -0.15) is 0 Å². The van der Waals surface area contributed by atoms with E-state index in [-0.39, 0.29) is 17.4 Å². The van der Waals surface area contributed by atoms with Crippen molar-refractivity contribution in [2.45, 2.75) is 38.5 Å². The lowest BCUT2D eigenvalue weighted by Crippen LogP contribution is -2.22. The number of carbonyl (C=O) groups excluding carboxylic acids is 1. The maximum absolute atomic E-state index is 12.6. The summed E-state index contributed by atoms with van der Waals surface area (Å²) in [5.41, 5.74) is 4.11. The highest BCUT2D eigenvalue weighted by atomic mass is 32.2. The third-order valence-corrected chi connectivity index (χ3v) is 6.48. The number of ether oxygens (including phenoxy) is 1. The van der Waals surface area contributed by atoms with Gasteiger partial charge in [-0.1, -0.05) is 50.2 Å². The maximum Gasteiger partial charge on any atom is 0.262 e. The fourth-order valence-electron chi connectivity index (χ4n) is 3.39. The summed E-state index contributed by atoms with van der Waals surface area (Å²) in [7, 11) is -3.72. The molecule has 32 heavy (non-hydrogen) atoms. The number of amides is 1. The molecule has 3 rings (SSSR count). The van der Waals surface area contributed by atoms with Gasteiger partial charge in [-0.25, -0.2) is 8.42 Å². The molecule has 7 heteroatoms. The second-order valence-electron chi connectivity index (χ2n) is 7.39. The van der Waals surface area contributed by atoms with E-state index in [1.807, 2.05) is 38.1 Å². The monoisotopic (exact) mass is 452 g/mol. The fraction of sp³-hybridized carbons (Fsp3) is 0.240. The summed E-state index contributed by atoms with van der Waals surface area (Å²) in [6.07, 6.45) is 1.63. The maximum atomic E-state index is 12.6. The number of benzene rings is 3. The van der Waals surface area contributed by atoms with Gasteiger partial charge in [-0.05, 0) is 66.8 Å². The van der Waals surface area contributed by atoms with Gasteiger partial charge in [0.15, 0.2) is 6.61 Å². The average molecular weight is 453 g/mol. The number of hydrogen-bond donors (Lipinski definition) is 2. The number of anilines is 2. The van der Waals surface area contributed by atoms with Crippen LogP contribution in [0.5, 0.6) is 5.75 Å². The van der Waals surface area contributed by atoms with Crippen LogP contribution in [-0.4, -0.2) is 20.9 Å². The molecular formula is C25H28N2O4S. The van der Waals surface area contributed by atoms with E-state index in [1.54, 1.807) is 37.3 Å². The van der Waals surface area contributed by atoms with Gasteiger partial charge in [0.2, 0.25) is 0 Å². The molecule has 0 aliphatic carbocycles. The number of para-hydroxylation sites is 2. The Hall–Kier alpha value is -3.32. The zero-order valence-corrected chi connectivity index (χ0v) is 19.3. The van der Waals surface area contributed by atoms with Crippen LogP contribution in [0, 0.1) is 6.92 Å². The Labute approximate surface area is 189 Å². The molecule has 0 fully saturated rings. The molecule has 3 aromatic rings. The van der Waals surface area contributed by atoms with E-state index >= 15 is 0 Å². The van der Waals surface area contributed by atoms with Crippen LogP contribution in [0.3, 0.4) is 0 Å². The summed E-state index contributed by atoms with van der Waals surface area (Å²) in [6.45, 7) is 5.67. The van der Waals surface area contributed by atoms with Crippen molar-refractivity contribution in [3.63, 3.8) is 0 Å². The minimum atomic E-state index is -3.72. The number of hydrogen-bond acceptors (Lipinski definition) is 4. The lowest BCUT2D eigenvalue weighted by molar-refractivity contribution is -0.118. The second-order valence-corrected chi connectivity index (χ2v) is 9.08. The van der Waals surface area contributed by atoms with Gasteiger partial charge in [0.05, 0.1) is 4.90 Å². The molecule has 0 spiro atoms. The number of rotatable bonds is 9. The highest BCUT2D eigenvalue weighted by Crippen LogP contribution is 2.25. The molecule has 0 saturated heterocycles. The fourth-order valence-corrected chi connectivity index (χ4v) is 4.54. The Balaban J connectivity index is 1.67. The molecule has 0 saturated carbocycles. The summed E-state index contributed by atoms with van der Waals surface area (Å²) < 4.78 is 33.5. The normalized spacial score (nSPS) is 11.1. The van der Waals surface area contributed by atoms with Crippen LogP contribution < -0.4 is 14.8 Å². The minimum Gasteiger partial charge on any atom is -0.483 e. The standard InChI is InChI=1S/C25H28N2O4S/c1-4-19-10-9-11-20(5-2)25(19)26-24(28)17-31-23-15-14-22(16-18(23)3)32(29,30)27-21-12-7-6-8-13-21/h6-16,27H,4-5,17H2,1-3H3,(H,26,28). The molecule has 0 radical (unpaired) electrons. The molecule has 0 unspecified atom stereocenters. The van der Waals surface area contributed by atoms with E-state index < -0.39 is 10.0 Å². The first kappa shape index (κ1) is 23.3. The van der Waals surface area contributed by atoms with Crippen LogP contribution in [0.1, 0.15) is 30.5 Å². The average Bonchev–Trinajstić information content (AvgIpc) is 2.78. The van der Waals surface area contributed by atoms with E-state index in [2.05, 4.69) is 10.0 Å². The van der Waals surface area contributed by atoms with Gasteiger partial charge >= 0.3 is 0 Å². The lowest BCUT2D eigenvalue weighted by Gasteiger charge is -2.15. The summed E-state index contributed by atoms with van der Waals surface area (Å²) in [5, 5.41) is 2.96. The SMILES string of the molecule is CCc1cccc(CC)c1NC(=O)COc1ccc(S(=O)(=O)Nc2ccccc2)cc1C. The summed E-state index contributed by atoms with van der Waals surface area (Å²) in [5.74, 6) is 0.195. The van der Waals surface area contributed by atoms with Gasteiger partial charge in [0.1, 0.15) is 5.75 Å².